The number of carbonyl (C=O) groups is 1. The number of esters is 1. The van der Waals surface area contributed by atoms with Crippen molar-refractivity contribution >= 4 is 21.4 Å². The first-order valence-corrected chi connectivity index (χ1v) is 9.32. The summed E-state index contributed by atoms with van der Waals surface area (Å²) in [6.45, 7) is 0.182. The third-order valence-corrected chi connectivity index (χ3v) is 5.03. The molecule has 0 atom stereocenters. The molecule has 0 N–H and O–H groups in total. The lowest BCUT2D eigenvalue weighted by Crippen LogP contribution is -2.04. The number of cyclic esters (lactones) is 1. The smallest absolute Gasteiger partial charge is 0.334 e. The van der Waals surface area contributed by atoms with Crippen molar-refractivity contribution in [1.29, 1.82) is 0 Å². The van der Waals surface area contributed by atoms with E-state index in [0.29, 0.717) is 12.0 Å². The third kappa shape index (κ3) is 3.46. The van der Waals surface area contributed by atoms with Gasteiger partial charge in [-0.25, -0.2) is 22.0 Å². The van der Waals surface area contributed by atoms with Crippen molar-refractivity contribution in [3.63, 3.8) is 0 Å². The molecule has 0 spiro atoms. The second-order valence-corrected chi connectivity index (χ2v) is 7.68. The minimum Gasteiger partial charge on any atom is -0.462 e. The molecule has 0 bridgehead atoms. The Labute approximate surface area is 143 Å². The van der Waals surface area contributed by atoms with Crippen LogP contribution in [0.3, 0.4) is 0 Å². The highest BCUT2D eigenvalue weighted by Crippen LogP contribution is 2.33. The number of halogens is 2. The summed E-state index contributed by atoms with van der Waals surface area (Å²) < 4.78 is 55.7. The molecular formula is C18H14F2O4S. The van der Waals surface area contributed by atoms with Crippen LogP contribution in [0.25, 0.3) is 5.57 Å². The lowest BCUT2D eigenvalue weighted by Gasteiger charge is -2.12. The predicted molar refractivity (Wildman–Crippen MR) is 87.5 cm³/mol. The van der Waals surface area contributed by atoms with Gasteiger partial charge in [0, 0.05) is 35.5 Å². The van der Waals surface area contributed by atoms with Gasteiger partial charge in [0.15, 0.2) is 9.84 Å². The van der Waals surface area contributed by atoms with E-state index in [1.165, 1.54) is 30.3 Å². The minimum atomic E-state index is -3.38. The van der Waals surface area contributed by atoms with Crippen molar-refractivity contribution in [3.8, 4) is 0 Å². The van der Waals surface area contributed by atoms with Crippen molar-refractivity contribution in [2.75, 3.05) is 12.9 Å². The van der Waals surface area contributed by atoms with Crippen LogP contribution >= 0.6 is 0 Å². The Morgan fingerprint density at radius 1 is 1.08 bits per heavy atom. The number of sulfone groups is 1. The molecule has 1 aliphatic rings. The van der Waals surface area contributed by atoms with Crippen LogP contribution in [-0.4, -0.2) is 27.2 Å². The average Bonchev–Trinajstić information content (AvgIpc) is 2.95. The van der Waals surface area contributed by atoms with E-state index >= 15 is 0 Å². The van der Waals surface area contributed by atoms with Gasteiger partial charge in [0.2, 0.25) is 0 Å². The summed E-state index contributed by atoms with van der Waals surface area (Å²) in [4.78, 5) is 12.1. The van der Waals surface area contributed by atoms with Crippen LogP contribution < -0.4 is 0 Å². The van der Waals surface area contributed by atoms with Crippen molar-refractivity contribution in [2.45, 2.75) is 11.3 Å². The lowest BCUT2D eigenvalue weighted by molar-refractivity contribution is -0.135. The SMILES string of the molecule is CS(=O)(=O)c1ccc(C(=C2CCOC2=O)c2ccc(F)cc2F)cc1. The normalized spacial score (nSPS) is 16.7. The van der Waals surface area contributed by atoms with Crippen LogP contribution in [0.5, 0.6) is 0 Å². The standard InChI is InChI=1S/C18H14F2O4S/c1-25(22,23)13-5-2-11(3-6-13)17(15-8-9-24-18(15)21)14-7-4-12(19)10-16(14)20/h2-7,10H,8-9H2,1H3. The zero-order chi connectivity index (χ0) is 18.2. The number of hydrogen-bond acceptors (Lipinski definition) is 4. The van der Waals surface area contributed by atoms with Gasteiger partial charge in [-0.15, -0.1) is 0 Å². The fourth-order valence-electron chi connectivity index (χ4n) is 2.72. The molecule has 0 amide bonds. The third-order valence-electron chi connectivity index (χ3n) is 3.91. The molecule has 3 rings (SSSR count). The second-order valence-electron chi connectivity index (χ2n) is 5.66. The highest BCUT2D eigenvalue weighted by atomic mass is 32.2. The maximum Gasteiger partial charge on any atom is 0.334 e. The molecule has 1 fully saturated rings. The largest absolute Gasteiger partial charge is 0.462 e. The first kappa shape index (κ1) is 17.3. The molecular weight excluding hydrogens is 350 g/mol. The van der Waals surface area contributed by atoms with E-state index in [4.69, 9.17) is 4.74 Å². The summed E-state index contributed by atoms with van der Waals surface area (Å²) >= 11 is 0. The molecule has 0 unspecified atom stereocenters. The Kier molecular flexibility index (Phi) is 4.43. The molecule has 2 aromatic carbocycles. The van der Waals surface area contributed by atoms with Crippen LogP contribution in [0, 0.1) is 11.6 Å². The maximum absolute atomic E-state index is 14.3. The van der Waals surface area contributed by atoms with Gasteiger partial charge in [-0.3, -0.25) is 0 Å². The van der Waals surface area contributed by atoms with Gasteiger partial charge in [0.05, 0.1) is 11.5 Å². The molecule has 0 radical (unpaired) electrons. The second kappa shape index (κ2) is 6.40. The van der Waals surface area contributed by atoms with Gasteiger partial charge in [-0.2, -0.15) is 0 Å². The summed E-state index contributed by atoms with van der Waals surface area (Å²) in [5, 5.41) is 0. The van der Waals surface area contributed by atoms with Crippen molar-refractivity contribution in [3.05, 3.63) is 70.8 Å². The first-order chi connectivity index (χ1) is 11.8. The topological polar surface area (TPSA) is 60.4 Å². The molecule has 130 valence electrons. The van der Waals surface area contributed by atoms with Gasteiger partial charge < -0.3 is 4.74 Å². The van der Waals surface area contributed by atoms with Crippen LogP contribution in [0.15, 0.2) is 52.9 Å². The maximum atomic E-state index is 14.3. The van der Waals surface area contributed by atoms with E-state index in [1.54, 1.807) is 0 Å². The van der Waals surface area contributed by atoms with E-state index in [0.717, 1.165) is 18.4 Å². The van der Waals surface area contributed by atoms with Crippen molar-refractivity contribution in [1.82, 2.24) is 0 Å². The number of hydrogen-bond donors (Lipinski definition) is 0. The molecule has 25 heavy (non-hydrogen) atoms. The van der Waals surface area contributed by atoms with E-state index in [1.807, 2.05) is 0 Å². The Bertz CT molecular complexity index is 977. The molecule has 4 nitrogen and oxygen atoms in total. The molecule has 2 aromatic rings. The highest BCUT2D eigenvalue weighted by Gasteiger charge is 2.26. The molecule has 1 saturated heterocycles. The van der Waals surface area contributed by atoms with Gasteiger partial charge in [-0.05, 0) is 29.8 Å². The number of benzene rings is 2. The quantitative estimate of drug-likeness (QED) is 0.620. The number of carbonyl (C=O) groups excluding carboxylic acids is 1. The fourth-order valence-corrected chi connectivity index (χ4v) is 3.35. The summed E-state index contributed by atoms with van der Waals surface area (Å²) in [6, 6.07) is 8.84. The Morgan fingerprint density at radius 3 is 2.28 bits per heavy atom. The van der Waals surface area contributed by atoms with E-state index in [-0.39, 0.29) is 28.2 Å². The van der Waals surface area contributed by atoms with Crippen molar-refractivity contribution < 1.29 is 26.7 Å². The van der Waals surface area contributed by atoms with Crippen LogP contribution in [0.1, 0.15) is 17.5 Å². The average molecular weight is 364 g/mol. The Hall–Kier alpha value is -2.54. The van der Waals surface area contributed by atoms with Gasteiger partial charge in [0.25, 0.3) is 0 Å². The monoisotopic (exact) mass is 364 g/mol. The van der Waals surface area contributed by atoms with E-state index in [9.17, 15) is 22.0 Å². The summed E-state index contributed by atoms with van der Waals surface area (Å²) in [5.74, 6) is -2.10. The summed E-state index contributed by atoms with van der Waals surface area (Å²) in [5.41, 5.74) is 1.06. The Morgan fingerprint density at radius 2 is 1.76 bits per heavy atom. The van der Waals surface area contributed by atoms with Gasteiger partial charge in [-0.1, -0.05) is 12.1 Å². The summed E-state index contributed by atoms with van der Waals surface area (Å²) in [6.07, 6.45) is 1.37. The minimum absolute atomic E-state index is 0.0577. The summed E-state index contributed by atoms with van der Waals surface area (Å²) in [7, 11) is -3.38. The van der Waals surface area contributed by atoms with E-state index < -0.39 is 27.4 Å². The molecule has 0 saturated carbocycles. The lowest BCUT2D eigenvalue weighted by atomic mass is 9.92. The van der Waals surface area contributed by atoms with Crippen LogP contribution in [0.2, 0.25) is 0 Å². The molecule has 1 aliphatic heterocycles. The van der Waals surface area contributed by atoms with Crippen molar-refractivity contribution in [2.24, 2.45) is 0 Å². The van der Waals surface area contributed by atoms with Crippen LogP contribution in [0.4, 0.5) is 8.78 Å². The Balaban J connectivity index is 2.21. The molecule has 1 heterocycles. The van der Waals surface area contributed by atoms with E-state index in [2.05, 4.69) is 0 Å². The first-order valence-electron chi connectivity index (χ1n) is 7.43. The van der Waals surface area contributed by atoms with Gasteiger partial charge in [0.1, 0.15) is 11.6 Å². The fraction of sp³-hybridized carbons (Fsp3) is 0.167. The zero-order valence-electron chi connectivity index (χ0n) is 13.3. The molecule has 0 aliphatic carbocycles. The number of rotatable bonds is 3. The molecule has 7 heteroatoms. The van der Waals surface area contributed by atoms with Gasteiger partial charge >= 0.3 is 5.97 Å². The predicted octanol–water partition coefficient (Wildman–Crippen LogP) is 3.12. The molecule has 0 aromatic heterocycles. The highest BCUT2D eigenvalue weighted by molar-refractivity contribution is 7.90. The number of ether oxygens (including phenoxy) is 1. The van der Waals surface area contributed by atoms with Crippen LogP contribution in [-0.2, 0) is 19.4 Å². The zero-order valence-corrected chi connectivity index (χ0v) is 14.1.